The molecule has 7 heteroatoms. The molecule has 132 valence electrons. The maximum Gasteiger partial charge on any atom is 0.326 e. The van der Waals surface area contributed by atoms with Crippen molar-refractivity contribution >= 4 is 11.9 Å². The van der Waals surface area contributed by atoms with E-state index in [1.54, 1.807) is 26.4 Å². The van der Waals surface area contributed by atoms with E-state index in [9.17, 15) is 14.7 Å². The summed E-state index contributed by atoms with van der Waals surface area (Å²) in [5.74, 6) is 0.158. The van der Waals surface area contributed by atoms with Crippen LogP contribution in [0, 0.1) is 0 Å². The van der Waals surface area contributed by atoms with E-state index in [0.29, 0.717) is 30.9 Å². The Kier molecular flexibility index (Phi) is 6.03. The largest absolute Gasteiger partial charge is 0.497 e. The lowest BCUT2D eigenvalue weighted by Crippen LogP contribution is -2.40. The standard InChI is InChI=1S/C17H23NO6/c1-22-12-5-6-15(24-3)11(8-12)4-7-16(19)18-10-13(23-2)9-14(18)17(20)21/h5-6,8,13-14H,4,7,9-10H2,1-3H3,(H,20,21). The van der Waals surface area contributed by atoms with Gasteiger partial charge in [0.05, 0.1) is 20.3 Å². The van der Waals surface area contributed by atoms with Crippen molar-refractivity contribution in [3.63, 3.8) is 0 Å². The van der Waals surface area contributed by atoms with Gasteiger partial charge in [0, 0.05) is 26.5 Å². The van der Waals surface area contributed by atoms with Crippen LogP contribution in [0.15, 0.2) is 18.2 Å². The molecule has 1 aromatic carbocycles. The second-order valence-corrected chi connectivity index (χ2v) is 5.67. The van der Waals surface area contributed by atoms with Crippen molar-refractivity contribution in [2.24, 2.45) is 0 Å². The van der Waals surface area contributed by atoms with E-state index >= 15 is 0 Å². The molecule has 0 saturated carbocycles. The topological polar surface area (TPSA) is 85.3 Å². The Morgan fingerprint density at radius 1 is 1.25 bits per heavy atom. The van der Waals surface area contributed by atoms with Crippen molar-refractivity contribution in [1.82, 2.24) is 4.90 Å². The number of carbonyl (C=O) groups is 2. The minimum Gasteiger partial charge on any atom is -0.497 e. The van der Waals surface area contributed by atoms with Crippen LogP contribution in [-0.4, -0.2) is 61.9 Å². The second kappa shape index (κ2) is 8.01. The Balaban J connectivity index is 2.06. The summed E-state index contributed by atoms with van der Waals surface area (Å²) in [4.78, 5) is 25.2. The third-order valence-corrected chi connectivity index (χ3v) is 4.30. The summed E-state index contributed by atoms with van der Waals surface area (Å²) in [5, 5.41) is 9.30. The average molecular weight is 337 g/mol. The number of aryl methyl sites for hydroxylation is 1. The first kappa shape index (κ1) is 18.1. The smallest absolute Gasteiger partial charge is 0.326 e. The van der Waals surface area contributed by atoms with Crippen LogP contribution in [0.4, 0.5) is 0 Å². The molecule has 2 rings (SSSR count). The molecule has 0 bridgehead atoms. The van der Waals surface area contributed by atoms with Crippen LogP contribution in [0.3, 0.4) is 0 Å². The summed E-state index contributed by atoms with van der Waals surface area (Å²) in [6.45, 7) is 0.307. The fourth-order valence-electron chi connectivity index (χ4n) is 2.94. The second-order valence-electron chi connectivity index (χ2n) is 5.67. The summed E-state index contributed by atoms with van der Waals surface area (Å²) in [6, 6.07) is 4.57. The molecule has 2 unspecified atom stereocenters. The molecule has 0 spiro atoms. The van der Waals surface area contributed by atoms with Gasteiger partial charge >= 0.3 is 5.97 Å². The van der Waals surface area contributed by atoms with Gasteiger partial charge in [-0.25, -0.2) is 4.79 Å². The molecule has 24 heavy (non-hydrogen) atoms. The van der Waals surface area contributed by atoms with Crippen molar-refractivity contribution in [3.8, 4) is 11.5 Å². The van der Waals surface area contributed by atoms with E-state index in [2.05, 4.69) is 0 Å². The number of nitrogens with zero attached hydrogens (tertiary/aromatic N) is 1. The van der Waals surface area contributed by atoms with Crippen molar-refractivity contribution in [3.05, 3.63) is 23.8 Å². The van der Waals surface area contributed by atoms with E-state index in [0.717, 1.165) is 5.56 Å². The highest BCUT2D eigenvalue weighted by atomic mass is 16.5. The fourth-order valence-corrected chi connectivity index (χ4v) is 2.94. The maximum absolute atomic E-state index is 12.5. The van der Waals surface area contributed by atoms with Gasteiger partial charge in [0.15, 0.2) is 0 Å². The van der Waals surface area contributed by atoms with E-state index in [1.165, 1.54) is 12.0 Å². The number of methoxy groups -OCH3 is 3. The van der Waals surface area contributed by atoms with E-state index in [4.69, 9.17) is 14.2 Å². The molecular weight excluding hydrogens is 314 g/mol. The lowest BCUT2D eigenvalue weighted by Gasteiger charge is -2.21. The predicted octanol–water partition coefficient (Wildman–Crippen LogP) is 1.34. The Morgan fingerprint density at radius 2 is 2.00 bits per heavy atom. The molecule has 1 fully saturated rings. The molecule has 0 radical (unpaired) electrons. The van der Waals surface area contributed by atoms with Crippen LogP contribution in [0.2, 0.25) is 0 Å². The molecule has 7 nitrogen and oxygen atoms in total. The molecule has 1 saturated heterocycles. The molecular formula is C17H23NO6. The maximum atomic E-state index is 12.5. The van der Waals surface area contributed by atoms with Gasteiger partial charge in [-0.3, -0.25) is 4.79 Å². The first-order chi connectivity index (χ1) is 11.5. The number of aliphatic carboxylic acids is 1. The van der Waals surface area contributed by atoms with Crippen LogP contribution in [0.5, 0.6) is 11.5 Å². The Labute approximate surface area is 141 Å². The minimum atomic E-state index is -0.998. The van der Waals surface area contributed by atoms with E-state index < -0.39 is 12.0 Å². The number of carboxylic acids is 1. The van der Waals surface area contributed by atoms with Crippen LogP contribution in [0.25, 0.3) is 0 Å². The lowest BCUT2D eigenvalue weighted by molar-refractivity contribution is -0.148. The highest BCUT2D eigenvalue weighted by molar-refractivity contribution is 5.84. The number of likely N-dealkylation sites (tertiary alicyclic amines) is 1. The molecule has 1 N–H and O–H groups in total. The predicted molar refractivity (Wildman–Crippen MR) is 86.4 cm³/mol. The van der Waals surface area contributed by atoms with Gasteiger partial charge in [0.25, 0.3) is 0 Å². The molecule has 1 aromatic rings. The molecule has 1 aliphatic rings. The highest BCUT2D eigenvalue weighted by Crippen LogP contribution is 2.26. The monoisotopic (exact) mass is 337 g/mol. The van der Waals surface area contributed by atoms with Gasteiger partial charge in [-0.05, 0) is 30.2 Å². The van der Waals surface area contributed by atoms with Gasteiger partial charge in [-0.15, -0.1) is 0 Å². The van der Waals surface area contributed by atoms with Crippen LogP contribution >= 0.6 is 0 Å². The Bertz CT molecular complexity index is 603. The van der Waals surface area contributed by atoms with Gasteiger partial charge < -0.3 is 24.2 Å². The van der Waals surface area contributed by atoms with Gasteiger partial charge in [-0.1, -0.05) is 0 Å². The quantitative estimate of drug-likeness (QED) is 0.808. The zero-order valence-corrected chi connectivity index (χ0v) is 14.2. The van der Waals surface area contributed by atoms with Crippen molar-refractivity contribution in [2.45, 2.75) is 31.4 Å². The number of ether oxygens (including phenoxy) is 3. The van der Waals surface area contributed by atoms with Gasteiger partial charge in [-0.2, -0.15) is 0 Å². The third kappa shape index (κ3) is 3.97. The molecule has 0 aromatic heterocycles. The first-order valence-corrected chi connectivity index (χ1v) is 7.76. The average Bonchev–Trinajstić information content (AvgIpc) is 3.04. The molecule has 1 heterocycles. The normalized spacial score (nSPS) is 20.0. The number of amides is 1. The van der Waals surface area contributed by atoms with Crippen molar-refractivity contribution in [1.29, 1.82) is 0 Å². The van der Waals surface area contributed by atoms with Crippen molar-refractivity contribution < 1.29 is 28.9 Å². The first-order valence-electron chi connectivity index (χ1n) is 7.76. The third-order valence-electron chi connectivity index (χ3n) is 4.30. The number of carbonyl (C=O) groups excluding carboxylic acids is 1. The van der Waals surface area contributed by atoms with Gasteiger partial charge in [0.2, 0.25) is 5.91 Å². The molecule has 2 atom stereocenters. The Morgan fingerprint density at radius 3 is 2.58 bits per heavy atom. The SMILES string of the molecule is COc1ccc(OC)c(CCC(=O)N2CC(OC)CC2C(=O)O)c1. The summed E-state index contributed by atoms with van der Waals surface area (Å²) in [6.07, 6.45) is 0.727. The summed E-state index contributed by atoms with van der Waals surface area (Å²) in [7, 11) is 4.67. The number of benzene rings is 1. The summed E-state index contributed by atoms with van der Waals surface area (Å²) >= 11 is 0. The van der Waals surface area contributed by atoms with Crippen LogP contribution in [0.1, 0.15) is 18.4 Å². The molecule has 1 aliphatic heterocycles. The fraction of sp³-hybridized carbons (Fsp3) is 0.529. The minimum absolute atomic E-state index is 0.198. The highest BCUT2D eigenvalue weighted by Gasteiger charge is 2.39. The molecule has 0 aliphatic carbocycles. The number of carboxylic acid groups (broad SMARTS) is 1. The van der Waals surface area contributed by atoms with E-state index in [-0.39, 0.29) is 18.4 Å². The Hall–Kier alpha value is -2.28. The number of hydrogen-bond acceptors (Lipinski definition) is 5. The van der Waals surface area contributed by atoms with Gasteiger partial charge in [0.1, 0.15) is 17.5 Å². The van der Waals surface area contributed by atoms with E-state index in [1.807, 2.05) is 6.07 Å². The van der Waals surface area contributed by atoms with Crippen LogP contribution < -0.4 is 9.47 Å². The zero-order chi connectivity index (χ0) is 17.7. The van der Waals surface area contributed by atoms with Crippen molar-refractivity contribution in [2.75, 3.05) is 27.9 Å². The molecule has 1 amide bonds. The zero-order valence-electron chi connectivity index (χ0n) is 14.2. The number of hydrogen-bond donors (Lipinski definition) is 1. The lowest BCUT2D eigenvalue weighted by atomic mass is 10.1. The number of rotatable bonds is 7. The van der Waals surface area contributed by atoms with Crippen LogP contribution in [-0.2, 0) is 20.7 Å². The summed E-state index contributed by atoms with van der Waals surface area (Å²) in [5.41, 5.74) is 0.847. The summed E-state index contributed by atoms with van der Waals surface area (Å²) < 4.78 is 15.7.